The second-order valence-electron chi connectivity index (χ2n) is 7.48. The molecule has 2 aromatic rings. The van der Waals surface area contributed by atoms with Crippen molar-refractivity contribution in [3.63, 3.8) is 0 Å². The molecule has 0 unspecified atom stereocenters. The first-order chi connectivity index (χ1) is 13.7. The number of halogens is 1. The molecule has 0 bridgehead atoms. The van der Waals surface area contributed by atoms with Gasteiger partial charge in [0.2, 0.25) is 0 Å². The minimum absolute atomic E-state index is 0.0310. The molecule has 0 radical (unpaired) electrons. The van der Waals surface area contributed by atoms with Crippen LogP contribution in [0.15, 0.2) is 48.5 Å². The van der Waals surface area contributed by atoms with Gasteiger partial charge in [-0.2, -0.15) is 0 Å². The number of carbonyl (C=O) groups is 1. The third-order valence-electron chi connectivity index (χ3n) is 5.58. The van der Waals surface area contributed by atoms with E-state index < -0.39 is 0 Å². The van der Waals surface area contributed by atoms with Crippen LogP contribution in [0.5, 0.6) is 0 Å². The van der Waals surface area contributed by atoms with E-state index in [2.05, 4.69) is 33.3 Å². The van der Waals surface area contributed by atoms with Gasteiger partial charge in [0.05, 0.1) is 0 Å². The molecular weight excluding hydrogens is 372 g/mol. The molecular formula is C22H27ClN4O. The number of nitrogens with zero attached hydrogens (tertiary/aromatic N) is 3. The predicted octanol–water partition coefficient (Wildman–Crippen LogP) is 4.68. The summed E-state index contributed by atoms with van der Waals surface area (Å²) in [5.74, 6) is 0. The molecule has 2 fully saturated rings. The third kappa shape index (κ3) is 4.53. The first-order valence-electron chi connectivity index (χ1n) is 10.1. The molecule has 5 nitrogen and oxygen atoms in total. The lowest BCUT2D eigenvalue weighted by atomic mass is 10.1. The highest BCUT2D eigenvalue weighted by molar-refractivity contribution is 6.30. The van der Waals surface area contributed by atoms with Gasteiger partial charge in [-0.15, -0.1) is 0 Å². The minimum Gasteiger partial charge on any atom is -0.372 e. The van der Waals surface area contributed by atoms with Crippen LogP contribution in [0, 0.1) is 0 Å². The van der Waals surface area contributed by atoms with Crippen LogP contribution < -0.4 is 15.1 Å². The average Bonchev–Trinajstić information content (AvgIpc) is 2.75. The van der Waals surface area contributed by atoms with E-state index >= 15 is 0 Å². The molecule has 0 atom stereocenters. The van der Waals surface area contributed by atoms with E-state index in [9.17, 15) is 4.79 Å². The summed E-state index contributed by atoms with van der Waals surface area (Å²) in [5, 5.41) is 3.78. The number of hydrogen-bond acceptors (Lipinski definition) is 3. The first kappa shape index (κ1) is 18.9. The number of nitrogens with one attached hydrogen (secondary N) is 1. The van der Waals surface area contributed by atoms with Crippen molar-refractivity contribution in [1.82, 2.24) is 4.90 Å². The average molecular weight is 399 g/mol. The molecule has 2 heterocycles. The van der Waals surface area contributed by atoms with Crippen LogP contribution in [-0.4, -0.2) is 50.2 Å². The van der Waals surface area contributed by atoms with Crippen molar-refractivity contribution in [1.29, 1.82) is 0 Å². The lowest BCUT2D eigenvalue weighted by Gasteiger charge is -2.36. The van der Waals surface area contributed by atoms with Gasteiger partial charge in [0, 0.05) is 61.4 Å². The number of carbonyl (C=O) groups excluding carboxylic acids is 1. The molecule has 1 N–H and O–H groups in total. The molecule has 2 saturated heterocycles. The second kappa shape index (κ2) is 8.74. The lowest BCUT2D eigenvalue weighted by molar-refractivity contribution is 0.208. The van der Waals surface area contributed by atoms with Crippen molar-refractivity contribution >= 4 is 34.7 Å². The van der Waals surface area contributed by atoms with Gasteiger partial charge in [0.25, 0.3) is 0 Å². The maximum Gasteiger partial charge on any atom is 0.321 e. The molecule has 2 aromatic carbocycles. The van der Waals surface area contributed by atoms with Crippen molar-refractivity contribution in [3.8, 4) is 0 Å². The number of piperazine rings is 1. The Bertz CT molecular complexity index is 796. The van der Waals surface area contributed by atoms with Crippen molar-refractivity contribution in [2.24, 2.45) is 0 Å². The zero-order chi connectivity index (χ0) is 19.3. The van der Waals surface area contributed by atoms with E-state index in [1.807, 2.05) is 35.2 Å². The van der Waals surface area contributed by atoms with Crippen LogP contribution in [0.3, 0.4) is 0 Å². The van der Waals surface area contributed by atoms with Crippen molar-refractivity contribution < 1.29 is 4.79 Å². The number of benzene rings is 2. The molecule has 2 amide bonds. The van der Waals surface area contributed by atoms with Gasteiger partial charge in [-0.25, -0.2) is 4.79 Å². The van der Waals surface area contributed by atoms with E-state index in [1.165, 1.54) is 24.9 Å². The molecule has 6 heteroatoms. The summed E-state index contributed by atoms with van der Waals surface area (Å²) >= 11 is 6.09. The second-order valence-corrected chi connectivity index (χ2v) is 7.92. The number of rotatable bonds is 3. The van der Waals surface area contributed by atoms with Gasteiger partial charge in [-0.1, -0.05) is 17.7 Å². The molecule has 148 valence electrons. The van der Waals surface area contributed by atoms with Crippen LogP contribution in [0.2, 0.25) is 5.02 Å². The summed E-state index contributed by atoms with van der Waals surface area (Å²) < 4.78 is 0. The topological polar surface area (TPSA) is 38.8 Å². The number of anilines is 3. The SMILES string of the molecule is O=C(Nc1ccc(N2CCCCC2)cc1)N1CCN(c2cccc(Cl)c2)CC1. The lowest BCUT2D eigenvalue weighted by Crippen LogP contribution is -2.50. The Morgan fingerprint density at radius 2 is 1.46 bits per heavy atom. The number of hydrogen-bond donors (Lipinski definition) is 1. The largest absolute Gasteiger partial charge is 0.372 e. The molecule has 4 rings (SSSR count). The maximum absolute atomic E-state index is 12.6. The third-order valence-corrected chi connectivity index (χ3v) is 5.82. The maximum atomic E-state index is 12.6. The molecule has 0 aliphatic carbocycles. The van der Waals surface area contributed by atoms with E-state index in [1.54, 1.807) is 0 Å². The molecule has 0 saturated carbocycles. The van der Waals surface area contributed by atoms with Crippen LogP contribution in [0.4, 0.5) is 21.9 Å². The summed E-state index contributed by atoms with van der Waals surface area (Å²) in [7, 11) is 0. The van der Waals surface area contributed by atoms with Gasteiger partial charge in [-0.05, 0) is 61.7 Å². The fourth-order valence-corrected chi connectivity index (χ4v) is 4.14. The molecule has 0 aromatic heterocycles. The van der Waals surface area contributed by atoms with Crippen molar-refractivity contribution in [2.75, 3.05) is 54.4 Å². The number of urea groups is 1. The van der Waals surface area contributed by atoms with Crippen molar-refractivity contribution in [3.05, 3.63) is 53.6 Å². The van der Waals surface area contributed by atoms with Crippen LogP contribution in [0.25, 0.3) is 0 Å². The Morgan fingerprint density at radius 3 is 2.14 bits per heavy atom. The number of amides is 2. The van der Waals surface area contributed by atoms with Crippen LogP contribution >= 0.6 is 11.6 Å². The Hall–Kier alpha value is -2.40. The summed E-state index contributed by atoms with van der Waals surface area (Å²) in [6.45, 7) is 5.27. The van der Waals surface area contributed by atoms with Gasteiger partial charge in [-0.3, -0.25) is 0 Å². The van der Waals surface area contributed by atoms with Crippen LogP contribution in [-0.2, 0) is 0 Å². The Balaban J connectivity index is 1.29. The highest BCUT2D eigenvalue weighted by Gasteiger charge is 2.21. The van der Waals surface area contributed by atoms with Crippen LogP contribution in [0.1, 0.15) is 19.3 Å². The molecule has 28 heavy (non-hydrogen) atoms. The van der Waals surface area contributed by atoms with Gasteiger partial charge < -0.3 is 20.0 Å². The Kier molecular flexibility index (Phi) is 5.91. The number of piperidine rings is 1. The summed E-state index contributed by atoms with van der Waals surface area (Å²) in [4.78, 5) is 19.2. The zero-order valence-corrected chi connectivity index (χ0v) is 16.9. The van der Waals surface area contributed by atoms with Gasteiger partial charge >= 0.3 is 6.03 Å². The fraction of sp³-hybridized carbons (Fsp3) is 0.409. The van der Waals surface area contributed by atoms with Gasteiger partial charge in [0.15, 0.2) is 0 Å². The van der Waals surface area contributed by atoms with E-state index in [-0.39, 0.29) is 6.03 Å². The Morgan fingerprint density at radius 1 is 0.786 bits per heavy atom. The molecule has 2 aliphatic rings. The molecule has 0 spiro atoms. The summed E-state index contributed by atoms with van der Waals surface area (Å²) in [6.07, 6.45) is 3.86. The zero-order valence-electron chi connectivity index (χ0n) is 16.1. The highest BCUT2D eigenvalue weighted by Crippen LogP contribution is 2.23. The fourth-order valence-electron chi connectivity index (χ4n) is 3.95. The smallest absolute Gasteiger partial charge is 0.321 e. The normalized spacial score (nSPS) is 17.5. The monoisotopic (exact) mass is 398 g/mol. The van der Waals surface area contributed by atoms with Gasteiger partial charge in [0.1, 0.15) is 0 Å². The van der Waals surface area contributed by atoms with Crippen molar-refractivity contribution in [2.45, 2.75) is 19.3 Å². The molecule has 2 aliphatic heterocycles. The predicted molar refractivity (Wildman–Crippen MR) is 117 cm³/mol. The minimum atomic E-state index is -0.0310. The summed E-state index contributed by atoms with van der Waals surface area (Å²) in [6, 6.07) is 16.1. The standard InChI is InChI=1S/C22H27ClN4O/c23-18-5-4-6-21(17-18)26-13-15-27(16-14-26)22(28)24-19-7-9-20(10-8-19)25-11-2-1-3-12-25/h4-10,17H,1-3,11-16H2,(H,24,28). The highest BCUT2D eigenvalue weighted by atomic mass is 35.5. The van der Waals surface area contributed by atoms with E-state index in [0.717, 1.165) is 42.6 Å². The Labute approximate surface area is 171 Å². The first-order valence-corrected chi connectivity index (χ1v) is 10.5. The summed E-state index contributed by atoms with van der Waals surface area (Å²) in [5.41, 5.74) is 3.21. The quantitative estimate of drug-likeness (QED) is 0.815. The van der Waals surface area contributed by atoms with E-state index in [4.69, 9.17) is 11.6 Å². The van der Waals surface area contributed by atoms with E-state index in [0.29, 0.717) is 13.1 Å².